The topological polar surface area (TPSA) is 39.4 Å². The van der Waals surface area contributed by atoms with E-state index in [-0.39, 0.29) is 0 Å². The van der Waals surface area contributed by atoms with Gasteiger partial charge in [-0.05, 0) is 44.5 Å². The molecule has 0 N–H and O–H groups in total. The molecule has 0 saturated carbocycles. The summed E-state index contributed by atoms with van der Waals surface area (Å²) in [5.74, 6) is 0.533. The Balaban J connectivity index is 2.05. The highest BCUT2D eigenvalue weighted by molar-refractivity contribution is 6.21. The average Bonchev–Trinajstić information content (AvgIpc) is 2.65. The molecule has 120 valence electrons. The highest BCUT2D eigenvalue weighted by Crippen LogP contribution is 2.35. The zero-order chi connectivity index (χ0) is 17.0. The van der Waals surface area contributed by atoms with Gasteiger partial charge in [0.2, 0.25) is 0 Å². The maximum Gasteiger partial charge on any atom is 0.339 e. The van der Waals surface area contributed by atoms with Gasteiger partial charge in [-0.2, -0.15) is 0 Å². The lowest BCUT2D eigenvalue weighted by molar-refractivity contribution is 0.413. The van der Waals surface area contributed by atoms with Crippen LogP contribution < -0.4 is 10.4 Å². The van der Waals surface area contributed by atoms with Crippen LogP contribution in [0.25, 0.3) is 43.3 Å². The Morgan fingerprint density at radius 3 is 2.36 bits per heavy atom. The van der Waals surface area contributed by atoms with Crippen LogP contribution in [-0.2, 0) is 0 Å². The molecule has 25 heavy (non-hydrogen) atoms. The Morgan fingerprint density at radius 2 is 1.52 bits per heavy atom. The molecule has 3 heteroatoms. The maximum atomic E-state index is 11.8. The molecule has 0 amide bonds. The fraction of sp³-hybridized carbons (Fsp3) is 0.0455. The molecule has 0 fully saturated rings. The van der Waals surface area contributed by atoms with Gasteiger partial charge in [0.05, 0.1) is 18.6 Å². The van der Waals surface area contributed by atoms with E-state index < -0.39 is 5.63 Å². The van der Waals surface area contributed by atoms with Crippen LogP contribution >= 0.6 is 0 Å². The number of ether oxygens (including phenoxy) is 1. The monoisotopic (exact) mass is 326 g/mol. The summed E-state index contributed by atoms with van der Waals surface area (Å²) in [6.45, 7) is 0. The molecule has 0 radical (unpaired) electrons. The Morgan fingerprint density at radius 1 is 0.760 bits per heavy atom. The van der Waals surface area contributed by atoms with Gasteiger partial charge in [0.1, 0.15) is 11.3 Å². The standard InChI is InChI=1S/C22H14O3/c1-24-19-12-21(23)25-20-11-17-15(10-18(19)20)9-8-14-7-6-13-4-2-3-5-16(13)22(14)17/h2-12H,1H3. The van der Waals surface area contributed by atoms with Crippen LogP contribution in [0.4, 0.5) is 0 Å². The third kappa shape index (κ3) is 2.02. The quantitative estimate of drug-likeness (QED) is 0.239. The molecule has 1 aromatic heterocycles. The van der Waals surface area contributed by atoms with Gasteiger partial charge in [0, 0.05) is 0 Å². The molecule has 0 spiro atoms. The molecule has 0 aliphatic heterocycles. The Bertz CT molecular complexity index is 1350. The second-order valence-electron chi connectivity index (χ2n) is 6.15. The van der Waals surface area contributed by atoms with Crippen molar-refractivity contribution in [3.63, 3.8) is 0 Å². The van der Waals surface area contributed by atoms with Gasteiger partial charge < -0.3 is 9.15 Å². The van der Waals surface area contributed by atoms with E-state index >= 15 is 0 Å². The lowest BCUT2D eigenvalue weighted by Gasteiger charge is -2.10. The smallest absolute Gasteiger partial charge is 0.339 e. The van der Waals surface area contributed by atoms with Crippen molar-refractivity contribution in [3.05, 3.63) is 77.2 Å². The van der Waals surface area contributed by atoms with E-state index in [0.717, 1.165) is 21.5 Å². The molecule has 0 bridgehead atoms. The summed E-state index contributed by atoms with van der Waals surface area (Å²) < 4.78 is 10.8. The van der Waals surface area contributed by atoms with Crippen molar-refractivity contribution < 1.29 is 9.15 Å². The van der Waals surface area contributed by atoms with Gasteiger partial charge in [0.15, 0.2) is 0 Å². The largest absolute Gasteiger partial charge is 0.496 e. The van der Waals surface area contributed by atoms with Crippen LogP contribution in [0.5, 0.6) is 5.75 Å². The van der Waals surface area contributed by atoms with Crippen LogP contribution in [0.2, 0.25) is 0 Å². The molecule has 0 aliphatic rings. The third-order valence-electron chi connectivity index (χ3n) is 4.77. The normalized spacial score (nSPS) is 11.6. The fourth-order valence-electron chi connectivity index (χ4n) is 3.63. The third-order valence-corrected chi connectivity index (χ3v) is 4.77. The highest BCUT2D eigenvalue weighted by atomic mass is 16.5. The number of hydrogen-bond acceptors (Lipinski definition) is 3. The maximum absolute atomic E-state index is 11.8. The van der Waals surface area contributed by atoms with Crippen LogP contribution in [0.3, 0.4) is 0 Å². The van der Waals surface area contributed by atoms with E-state index in [0.29, 0.717) is 11.3 Å². The van der Waals surface area contributed by atoms with Crippen molar-refractivity contribution in [2.75, 3.05) is 7.11 Å². The Kier molecular flexibility index (Phi) is 2.86. The van der Waals surface area contributed by atoms with Gasteiger partial charge >= 0.3 is 5.63 Å². The molecule has 0 saturated heterocycles. The Labute approximate surface area is 143 Å². The Hall–Kier alpha value is -3.33. The second-order valence-corrected chi connectivity index (χ2v) is 6.15. The van der Waals surface area contributed by atoms with Crippen molar-refractivity contribution in [2.24, 2.45) is 0 Å². The van der Waals surface area contributed by atoms with E-state index in [9.17, 15) is 4.79 Å². The number of hydrogen-bond donors (Lipinski definition) is 0. The van der Waals surface area contributed by atoms with E-state index in [1.165, 1.54) is 22.2 Å². The fourth-order valence-corrected chi connectivity index (χ4v) is 3.63. The van der Waals surface area contributed by atoms with E-state index in [1.54, 1.807) is 7.11 Å². The van der Waals surface area contributed by atoms with Crippen LogP contribution in [0.15, 0.2) is 75.9 Å². The summed E-state index contributed by atoms with van der Waals surface area (Å²) >= 11 is 0. The molecule has 4 aromatic carbocycles. The van der Waals surface area contributed by atoms with Crippen molar-refractivity contribution in [3.8, 4) is 5.75 Å². The first kappa shape index (κ1) is 14.1. The zero-order valence-electron chi connectivity index (χ0n) is 13.6. The van der Waals surface area contributed by atoms with E-state index in [2.05, 4.69) is 36.4 Å². The molecule has 3 nitrogen and oxygen atoms in total. The molecule has 1 heterocycles. The summed E-state index contributed by atoms with van der Waals surface area (Å²) in [6, 6.07) is 22.2. The molecular weight excluding hydrogens is 312 g/mol. The van der Waals surface area contributed by atoms with Crippen molar-refractivity contribution in [1.82, 2.24) is 0 Å². The van der Waals surface area contributed by atoms with Gasteiger partial charge in [0.25, 0.3) is 0 Å². The number of benzene rings is 4. The first-order chi connectivity index (χ1) is 12.2. The molecule has 0 aliphatic carbocycles. The number of fused-ring (bicyclic) bond motifs is 6. The first-order valence-electron chi connectivity index (χ1n) is 8.11. The second kappa shape index (κ2) is 5.08. The average molecular weight is 326 g/mol. The molecule has 5 rings (SSSR count). The summed E-state index contributed by atoms with van der Waals surface area (Å²) in [6.07, 6.45) is 0. The van der Waals surface area contributed by atoms with E-state index in [1.807, 2.05) is 24.3 Å². The summed E-state index contributed by atoms with van der Waals surface area (Å²) in [5.41, 5.74) is 0.131. The minimum atomic E-state index is -0.409. The van der Waals surface area contributed by atoms with Gasteiger partial charge in [-0.1, -0.05) is 48.5 Å². The predicted octanol–water partition coefficient (Wildman–Crippen LogP) is 5.26. The first-order valence-corrected chi connectivity index (χ1v) is 8.11. The predicted molar refractivity (Wildman–Crippen MR) is 102 cm³/mol. The summed E-state index contributed by atoms with van der Waals surface area (Å²) in [4.78, 5) is 11.8. The molecular formula is C22H14O3. The van der Waals surface area contributed by atoms with E-state index in [4.69, 9.17) is 9.15 Å². The van der Waals surface area contributed by atoms with Crippen LogP contribution in [-0.4, -0.2) is 7.11 Å². The number of methoxy groups -OCH3 is 1. The lowest BCUT2D eigenvalue weighted by Crippen LogP contribution is -1.98. The van der Waals surface area contributed by atoms with Crippen LogP contribution in [0.1, 0.15) is 0 Å². The highest BCUT2D eigenvalue weighted by Gasteiger charge is 2.11. The van der Waals surface area contributed by atoms with Crippen molar-refractivity contribution >= 4 is 43.3 Å². The molecule has 0 atom stereocenters. The van der Waals surface area contributed by atoms with Gasteiger partial charge in [-0.3, -0.25) is 0 Å². The summed E-state index contributed by atoms with van der Waals surface area (Å²) in [7, 11) is 1.56. The molecule has 0 unspecified atom stereocenters. The lowest BCUT2D eigenvalue weighted by atomic mass is 9.95. The van der Waals surface area contributed by atoms with Crippen molar-refractivity contribution in [1.29, 1.82) is 0 Å². The molecule has 5 aromatic rings. The van der Waals surface area contributed by atoms with Gasteiger partial charge in [-0.15, -0.1) is 0 Å². The zero-order valence-corrected chi connectivity index (χ0v) is 13.6. The van der Waals surface area contributed by atoms with Crippen molar-refractivity contribution in [2.45, 2.75) is 0 Å². The van der Waals surface area contributed by atoms with Crippen LogP contribution in [0, 0.1) is 0 Å². The minimum absolute atomic E-state index is 0.409. The SMILES string of the molecule is COc1cc(=O)oc2cc3c(ccc4ccc5ccccc5c43)cc12. The number of rotatable bonds is 1. The van der Waals surface area contributed by atoms with Gasteiger partial charge in [-0.25, -0.2) is 4.79 Å². The minimum Gasteiger partial charge on any atom is -0.496 e. The summed E-state index contributed by atoms with van der Waals surface area (Å²) in [5, 5.41) is 7.67.